The maximum Gasteiger partial charge on any atom is 0.272 e. The van der Waals surface area contributed by atoms with Crippen molar-refractivity contribution in [3.05, 3.63) is 11.8 Å². The van der Waals surface area contributed by atoms with Gasteiger partial charge in [-0.3, -0.25) is 9.89 Å². The first kappa shape index (κ1) is 14.3. The van der Waals surface area contributed by atoms with E-state index in [0.29, 0.717) is 24.6 Å². The highest BCUT2D eigenvalue weighted by atomic mass is 16.5. The zero-order chi connectivity index (χ0) is 14.7. The van der Waals surface area contributed by atoms with Crippen molar-refractivity contribution in [1.82, 2.24) is 15.1 Å². The first-order valence-electron chi connectivity index (χ1n) is 7.56. The monoisotopic (exact) mass is 294 g/mol. The number of anilines is 1. The van der Waals surface area contributed by atoms with Crippen LogP contribution in [0.15, 0.2) is 6.07 Å². The lowest BCUT2D eigenvalue weighted by atomic mass is 10.2. The summed E-state index contributed by atoms with van der Waals surface area (Å²) in [4.78, 5) is 14.4. The summed E-state index contributed by atoms with van der Waals surface area (Å²) in [6.07, 6.45) is 4.36. The minimum atomic E-state index is -0.0924. The van der Waals surface area contributed by atoms with Gasteiger partial charge in [0, 0.05) is 32.4 Å². The molecule has 1 amide bonds. The molecule has 2 saturated heterocycles. The zero-order valence-electron chi connectivity index (χ0n) is 12.1. The molecule has 3 rings (SSSR count). The van der Waals surface area contributed by atoms with E-state index in [-0.39, 0.29) is 18.1 Å². The first-order chi connectivity index (χ1) is 10.2. The molecular formula is C14H22N4O3. The number of hydrogen-bond donors (Lipinski definition) is 2. The van der Waals surface area contributed by atoms with Crippen molar-refractivity contribution in [1.29, 1.82) is 0 Å². The molecule has 0 radical (unpaired) electrons. The number of nitrogens with one attached hydrogen (secondary N) is 1. The Kier molecular flexibility index (Phi) is 4.40. The SMILES string of the molecule is Nc1cc(C(=O)N(CC2CCCO2)CC2CCCO2)[nH]n1. The number of nitrogens with two attached hydrogens (primary N) is 1. The van der Waals surface area contributed by atoms with Crippen LogP contribution >= 0.6 is 0 Å². The highest BCUT2D eigenvalue weighted by Gasteiger charge is 2.28. The van der Waals surface area contributed by atoms with Crippen LogP contribution in [0.2, 0.25) is 0 Å². The highest BCUT2D eigenvalue weighted by molar-refractivity contribution is 5.93. The van der Waals surface area contributed by atoms with Gasteiger partial charge in [-0.15, -0.1) is 0 Å². The summed E-state index contributed by atoms with van der Waals surface area (Å²) in [5.74, 6) is 0.234. The molecule has 0 saturated carbocycles. The molecule has 1 aromatic rings. The number of nitrogens with zero attached hydrogens (tertiary/aromatic N) is 2. The topological polar surface area (TPSA) is 93.5 Å². The summed E-state index contributed by atoms with van der Waals surface area (Å²) >= 11 is 0. The summed E-state index contributed by atoms with van der Waals surface area (Å²) in [5, 5.41) is 6.51. The summed E-state index contributed by atoms with van der Waals surface area (Å²) in [6.45, 7) is 2.75. The van der Waals surface area contributed by atoms with E-state index in [4.69, 9.17) is 15.2 Å². The minimum Gasteiger partial charge on any atom is -0.382 e. The van der Waals surface area contributed by atoms with E-state index in [2.05, 4.69) is 10.2 Å². The number of amides is 1. The number of carbonyl (C=O) groups is 1. The average Bonchev–Trinajstić information content (AvgIpc) is 3.19. The zero-order valence-corrected chi connectivity index (χ0v) is 12.1. The molecule has 2 aliphatic heterocycles. The fraction of sp³-hybridized carbons (Fsp3) is 0.714. The predicted molar refractivity (Wildman–Crippen MR) is 76.9 cm³/mol. The second-order valence-corrected chi connectivity index (χ2v) is 5.69. The molecule has 0 bridgehead atoms. The van der Waals surface area contributed by atoms with Gasteiger partial charge in [0.05, 0.1) is 12.2 Å². The summed E-state index contributed by atoms with van der Waals surface area (Å²) in [7, 11) is 0. The smallest absolute Gasteiger partial charge is 0.272 e. The largest absolute Gasteiger partial charge is 0.382 e. The van der Waals surface area contributed by atoms with Crippen molar-refractivity contribution in [2.75, 3.05) is 32.0 Å². The Hall–Kier alpha value is -1.60. The van der Waals surface area contributed by atoms with Gasteiger partial charge >= 0.3 is 0 Å². The molecular weight excluding hydrogens is 272 g/mol. The van der Waals surface area contributed by atoms with Gasteiger partial charge in [0.1, 0.15) is 11.5 Å². The molecule has 7 heteroatoms. The van der Waals surface area contributed by atoms with Crippen molar-refractivity contribution in [2.45, 2.75) is 37.9 Å². The normalized spacial score (nSPS) is 25.3. The van der Waals surface area contributed by atoms with Gasteiger partial charge in [0.2, 0.25) is 0 Å². The summed E-state index contributed by atoms with van der Waals surface area (Å²) < 4.78 is 11.3. The number of aromatic amines is 1. The fourth-order valence-electron chi connectivity index (χ4n) is 2.93. The molecule has 2 atom stereocenters. The van der Waals surface area contributed by atoms with E-state index in [9.17, 15) is 4.79 Å². The van der Waals surface area contributed by atoms with Gasteiger partial charge in [-0.1, -0.05) is 0 Å². The maximum absolute atomic E-state index is 12.6. The number of ether oxygens (including phenoxy) is 2. The fourth-order valence-corrected chi connectivity index (χ4v) is 2.93. The van der Waals surface area contributed by atoms with Crippen molar-refractivity contribution < 1.29 is 14.3 Å². The van der Waals surface area contributed by atoms with Gasteiger partial charge in [0.25, 0.3) is 5.91 Å². The Morgan fingerprint density at radius 1 is 1.29 bits per heavy atom. The third kappa shape index (κ3) is 3.54. The minimum absolute atomic E-state index is 0.0924. The van der Waals surface area contributed by atoms with Crippen LogP contribution in [0.5, 0.6) is 0 Å². The molecule has 2 unspecified atom stereocenters. The lowest BCUT2D eigenvalue weighted by Gasteiger charge is -2.27. The molecule has 7 nitrogen and oxygen atoms in total. The average molecular weight is 294 g/mol. The Bertz CT molecular complexity index is 460. The highest BCUT2D eigenvalue weighted by Crippen LogP contribution is 2.19. The van der Waals surface area contributed by atoms with Gasteiger partial charge in [-0.25, -0.2) is 0 Å². The maximum atomic E-state index is 12.6. The second-order valence-electron chi connectivity index (χ2n) is 5.69. The first-order valence-corrected chi connectivity index (χ1v) is 7.56. The van der Waals surface area contributed by atoms with Gasteiger partial charge < -0.3 is 20.1 Å². The van der Waals surface area contributed by atoms with E-state index in [1.807, 2.05) is 0 Å². The Morgan fingerprint density at radius 2 is 1.90 bits per heavy atom. The van der Waals surface area contributed by atoms with Crippen LogP contribution in [0.25, 0.3) is 0 Å². The quantitative estimate of drug-likeness (QED) is 0.837. The Morgan fingerprint density at radius 3 is 2.33 bits per heavy atom. The predicted octanol–water partition coefficient (Wildman–Crippen LogP) is 0.792. The van der Waals surface area contributed by atoms with Crippen molar-refractivity contribution in [3.8, 4) is 0 Å². The van der Waals surface area contributed by atoms with Gasteiger partial charge in [-0.05, 0) is 25.7 Å². The standard InChI is InChI=1S/C14H22N4O3/c15-13-7-12(16-17-13)14(19)18(8-10-3-1-5-20-10)9-11-4-2-6-21-11/h7,10-11H,1-6,8-9H2,(H3,15,16,17). The van der Waals surface area contributed by atoms with Crippen molar-refractivity contribution in [3.63, 3.8) is 0 Å². The number of aromatic nitrogens is 2. The van der Waals surface area contributed by atoms with Crippen LogP contribution in [-0.2, 0) is 9.47 Å². The van der Waals surface area contributed by atoms with E-state index in [1.165, 1.54) is 0 Å². The van der Waals surface area contributed by atoms with Crippen molar-refractivity contribution in [2.24, 2.45) is 0 Å². The lowest BCUT2D eigenvalue weighted by Crippen LogP contribution is -2.42. The molecule has 21 heavy (non-hydrogen) atoms. The Labute approximate surface area is 123 Å². The number of carbonyl (C=O) groups excluding carboxylic acids is 1. The molecule has 0 aromatic carbocycles. The molecule has 0 aliphatic carbocycles. The molecule has 3 heterocycles. The van der Waals surface area contributed by atoms with Crippen LogP contribution in [-0.4, -0.2) is 59.5 Å². The van der Waals surface area contributed by atoms with Crippen molar-refractivity contribution >= 4 is 11.7 Å². The Balaban J connectivity index is 1.68. The van der Waals surface area contributed by atoms with E-state index >= 15 is 0 Å². The number of H-pyrrole nitrogens is 1. The van der Waals surface area contributed by atoms with Gasteiger partial charge in [-0.2, -0.15) is 5.10 Å². The van der Waals surface area contributed by atoms with Crippen LogP contribution in [0, 0.1) is 0 Å². The molecule has 116 valence electrons. The number of hydrogen-bond acceptors (Lipinski definition) is 5. The lowest BCUT2D eigenvalue weighted by molar-refractivity contribution is 0.0304. The van der Waals surface area contributed by atoms with Crippen LogP contribution in [0.4, 0.5) is 5.82 Å². The van der Waals surface area contributed by atoms with E-state index in [0.717, 1.165) is 38.9 Å². The number of nitrogen functional groups attached to an aromatic ring is 1. The molecule has 3 N–H and O–H groups in total. The number of rotatable bonds is 5. The third-order valence-corrected chi connectivity index (χ3v) is 4.01. The summed E-state index contributed by atoms with van der Waals surface area (Å²) in [6, 6.07) is 1.57. The van der Waals surface area contributed by atoms with Crippen LogP contribution in [0.1, 0.15) is 36.2 Å². The molecule has 2 fully saturated rings. The third-order valence-electron chi connectivity index (χ3n) is 4.01. The van der Waals surface area contributed by atoms with Gasteiger partial charge in [0.15, 0.2) is 0 Å². The van der Waals surface area contributed by atoms with E-state index < -0.39 is 0 Å². The van der Waals surface area contributed by atoms with E-state index in [1.54, 1.807) is 11.0 Å². The second kappa shape index (κ2) is 6.44. The van der Waals surface area contributed by atoms with Crippen LogP contribution in [0.3, 0.4) is 0 Å². The van der Waals surface area contributed by atoms with Crippen LogP contribution < -0.4 is 5.73 Å². The summed E-state index contributed by atoms with van der Waals surface area (Å²) in [5.41, 5.74) is 6.00. The molecule has 0 spiro atoms. The molecule has 1 aromatic heterocycles. The molecule has 2 aliphatic rings.